The Hall–Kier alpha value is -2.62. The number of carbonyl (C=O) groups excluding carboxylic acids is 1. The third kappa shape index (κ3) is 4.52. The Bertz CT molecular complexity index is 1040. The number of para-hydroxylation sites is 1. The van der Waals surface area contributed by atoms with Crippen molar-refractivity contribution in [2.24, 2.45) is 0 Å². The van der Waals surface area contributed by atoms with Gasteiger partial charge in [-0.2, -0.15) is 5.26 Å². The van der Waals surface area contributed by atoms with Gasteiger partial charge in [0.2, 0.25) is 5.91 Å². The molecule has 0 bridgehead atoms. The minimum Gasteiger partial charge on any atom is -0.325 e. The lowest BCUT2D eigenvalue weighted by atomic mass is 9.97. The van der Waals surface area contributed by atoms with Crippen molar-refractivity contribution < 1.29 is 4.79 Å². The SMILES string of the molecule is N#Cc1c(SCC(=O)Nc2ccccc2)nc2c(c1-c1cccs1)CCCCC2. The van der Waals surface area contributed by atoms with Crippen molar-refractivity contribution in [2.75, 3.05) is 11.1 Å². The molecule has 4 rings (SSSR count). The van der Waals surface area contributed by atoms with E-state index in [2.05, 4.69) is 17.5 Å². The van der Waals surface area contributed by atoms with Gasteiger partial charge in [0.25, 0.3) is 0 Å². The molecule has 0 radical (unpaired) electrons. The van der Waals surface area contributed by atoms with Gasteiger partial charge < -0.3 is 5.32 Å². The number of benzene rings is 1. The highest BCUT2D eigenvalue weighted by molar-refractivity contribution is 8.00. The molecule has 29 heavy (non-hydrogen) atoms. The number of carbonyl (C=O) groups is 1. The molecule has 1 aliphatic rings. The monoisotopic (exact) mass is 419 g/mol. The van der Waals surface area contributed by atoms with Crippen LogP contribution in [0.2, 0.25) is 0 Å². The van der Waals surface area contributed by atoms with E-state index in [1.807, 2.05) is 41.8 Å². The molecule has 2 aromatic heterocycles. The van der Waals surface area contributed by atoms with E-state index in [1.165, 1.54) is 23.7 Å². The van der Waals surface area contributed by atoms with Gasteiger partial charge in [0.1, 0.15) is 11.1 Å². The van der Waals surface area contributed by atoms with Gasteiger partial charge in [0.15, 0.2) is 0 Å². The first-order chi connectivity index (χ1) is 14.3. The number of rotatable bonds is 5. The van der Waals surface area contributed by atoms with Crippen molar-refractivity contribution >= 4 is 34.7 Å². The first-order valence-electron chi connectivity index (χ1n) is 9.73. The van der Waals surface area contributed by atoms with E-state index in [0.717, 1.165) is 47.5 Å². The van der Waals surface area contributed by atoms with E-state index in [1.54, 1.807) is 11.3 Å². The first-order valence-corrected chi connectivity index (χ1v) is 11.6. The summed E-state index contributed by atoms with van der Waals surface area (Å²) < 4.78 is 0. The standard InChI is InChI=1S/C23H21N3OS2/c24-14-18-22(20-12-7-13-28-20)17-10-5-2-6-11-19(17)26-23(18)29-15-21(27)25-16-8-3-1-4-9-16/h1,3-4,7-9,12-13H,2,5-6,10-11,15H2,(H,25,27). The predicted molar refractivity (Wildman–Crippen MR) is 119 cm³/mol. The summed E-state index contributed by atoms with van der Waals surface area (Å²) in [6.07, 6.45) is 5.33. The summed E-state index contributed by atoms with van der Waals surface area (Å²) in [5.74, 6) is 0.124. The molecule has 0 aliphatic heterocycles. The van der Waals surface area contributed by atoms with Gasteiger partial charge in [0.05, 0.1) is 11.3 Å². The highest BCUT2D eigenvalue weighted by Crippen LogP contribution is 2.39. The fourth-order valence-electron chi connectivity index (χ4n) is 3.65. The highest BCUT2D eigenvalue weighted by atomic mass is 32.2. The molecule has 0 saturated heterocycles. The molecule has 146 valence electrons. The summed E-state index contributed by atoms with van der Waals surface area (Å²) in [5, 5.41) is 15.6. The Balaban J connectivity index is 1.64. The number of amides is 1. The number of anilines is 1. The minimum absolute atomic E-state index is 0.0977. The predicted octanol–water partition coefficient (Wildman–Crippen LogP) is 5.68. The van der Waals surface area contributed by atoms with Crippen LogP contribution in [0.3, 0.4) is 0 Å². The quantitative estimate of drug-likeness (QED) is 0.427. The van der Waals surface area contributed by atoms with Gasteiger partial charge in [-0.3, -0.25) is 4.79 Å². The summed E-state index contributed by atoms with van der Waals surface area (Å²) in [7, 11) is 0. The third-order valence-corrected chi connectivity index (χ3v) is 6.83. The Labute approximate surface area is 179 Å². The molecule has 2 heterocycles. The largest absolute Gasteiger partial charge is 0.325 e. The van der Waals surface area contributed by atoms with Crippen molar-refractivity contribution in [2.45, 2.75) is 37.1 Å². The molecule has 3 aromatic rings. The molecule has 0 fully saturated rings. The number of aryl methyl sites for hydroxylation is 1. The lowest BCUT2D eigenvalue weighted by molar-refractivity contribution is -0.113. The van der Waals surface area contributed by atoms with Crippen molar-refractivity contribution in [1.82, 2.24) is 4.98 Å². The van der Waals surface area contributed by atoms with Crippen molar-refractivity contribution in [3.8, 4) is 16.5 Å². The molecule has 0 atom stereocenters. The summed E-state index contributed by atoms with van der Waals surface area (Å²) in [6, 6.07) is 15.9. The fourth-order valence-corrected chi connectivity index (χ4v) is 5.26. The molecule has 1 aromatic carbocycles. The number of nitrogens with zero attached hydrogens (tertiary/aromatic N) is 2. The van der Waals surface area contributed by atoms with Gasteiger partial charge in [-0.15, -0.1) is 11.3 Å². The van der Waals surface area contributed by atoms with Crippen LogP contribution in [0.4, 0.5) is 5.69 Å². The molecule has 1 aliphatic carbocycles. The minimum atomic E-state index is -0.0977. The molecule has 0 spiro atoms. The normalized spacial score (nSPS) is 13.2. The number of hydrogen-bond donors (Lipinski definition) is 1. The van der Waals surface area contributed by atoms with Gasteiger partial charge in [0, 0.05) is 21.8 Å². The number of aromatic nitrogens is 1. The Morgan fingerprint density at radius 1 is 1.14 bits per heavy atom. The molecule has 4 nitrogen and oxygen atoms in total. The summed E-state index contributed by atoms with van der Waals surface area (Å²) >= 11 is 3.00. The number of hydrogen-bond acceptors (Lipinski definition) is 5. The highest BCUT2D eigenvalue weighted by Gasteiger charge is 2.23. The summed E-state index contributed by atoms with van der Waals surface area (Å²) in [6.45, 7) is 0. The Morgan fingerprint density at radius 3 is 2.72 bits per heavy atom. The molecular formula is C23H21N3OS2. The van der Waals surface area contributed by atoms with Gasteiger partial charge in [-0.25, -0.2) is 4.98 Å². The van der Waals surface area contributed by atoms with Crippen LogP contribution in [0.1, 0.15) is 36.1 Å². The number of nitrogens with one attached hydrogen (secondary N) is 1. The zero-order chi connectivity index (χ0) is 20.1. The van der Waals surface area contributed by atoms with Crippen molar-refractivity contribution in [3.05, 3.63) is 64.7 Å². The molecular weight excluding hydrogens is 398 g/mol. The van der Waals surface area contributed by atoms with Crippen LogP contribution >= 0.6 is 23.1 Å². The lowest BCUT2D eigenvalue weighted by Gasteiger charge is -2.16. The Kier molecular flexibility index (Phi) is 6.28. The van der Waals surface area contributed by atoms with Gasteiger partial charge >= 0.3 is 0 Å². The lowest BCUT2D eigenvalue weighted by Crippen LogP contribution is -2.14. The Morgan fingerprint density at radius 2 is 1.97 bits per heavy atom. The number of thioether (sulfide) groups is 1. The van der Waals surface area contributed by atoms with E-state index >= 15 is 0 Å². The van der Waals surface area contributed by atoms with E-state index < -0.39 is 0 Å². The molecule has 0 saturated carbocycles. The van der Waals surface area contributed by atoms with E-state index in [0.29, 0.717) is 10.6 Å². The van der Waals surface area contributed by atoms with E-state index in [9.17, 15) is 10.1 Å². The fraction of sp³-hybridized carbons (Fsp3) is 0.261. The molecule has 0 unspecified atom stereocenters. The van der Waals surface area contributed by atoms with E-state index in [4.69, 9.17) is 4.98 Å². The van der Waals surface area contributed by atoms with Crippen molar-refractivity contribution in [1.29, 1.82) is 5.26 Å². The van der Waals surface area contributed by atoms with Gasteiger partial charge in [-0.05, 0) is 54.8 Å². The van der Waals surface area contributed by atoms with Crippen LogP contribution < -0.4 is 5.32 Å². The van der Waals surface area contributed by atoms with Crippen LogP contribution in [0, 0.1) is 11.3 Å². The maximum Gasteiger partial charge on any atom is 0.234 e. The van der Waals surface area contributed by atoms with Crippen LogP contribution in [-0.4, -0.2) is 16.6 Å². The zero-order valence-corrected chi connectivity index (χ0v) is 17.6. The maximum atomic E-state index is 12.4. The topological polar surface area (TPSA) is 65.8 Å². The van der Waals surface area contributed by atoms with Gasteiger partial charge in [-0.1, -0.05) is 42.4 Å². The maximum absolute atomic E-state index is 12.4. The zero-order valence-electron chi connectivity index (χ0n) is 16.0. The molecule has 1 N–H and O–H groups in total. The molecule has 1 amide bonds. The van der Waals surface area contributed by atoms with Crippen molar-refractivity contribution in [3.63, 3.8) is 0 Å². The second-order valence-corrected chi connectivity index (χ2v) is 8.86. The summed E-state index contributed by atoms with van der Waals surface area (Å²) in [4.78, 5) is 18.4. The second kappa shape index (κ2) is 9.25. The van der Waals surface area contributed by atoms with Crippen LogP contribution in [0.25, 0.3) is 10.4 Å². The average molecular weight is 420 g/mol. The number of thiophene rings is 1. The first kappa shape index (κ1) is 19.7. The smallest absolute Gasteiger partial charge is 0.234 e. The second-order valence-electron chi connectivity index (χ2n) is 6.94. The number of nitriles is 1. The number of fused-ring (bicyclic) bond motifs is 1. The van der Waals surface area contributed by atoms with Crippen LogP contribution in [-0.2, 0) is 17.6 Å². The van der Waals surface area contributed by atoms with Crippen LogP contribution in [0.5, 0.6) is 0 Å². The van der Waals surface area contributed by atoms with E-state index in [-0.39, 0.29) is 11.7 Å². The third-order valence-electron chi connectivity index (χ3n) is 4.97. The summed E-state index contributed by atoms with van der Waals surface area (Å²) in [5.41, 5.74) is 4.72. The number of pyridine rings is 1. The molecule has 6 heteroatoms. The van der Waals surface area contributed by atoms with Crippen LogP contribution in [0.15, 0.2) is 52.9 Å². The average Bonchev–Trinajstić information content (AvgIpc) is 3.17.